The molecule has 0 unspecified atom stereocenters. The van der Waals surface area contributed by atoms with Crippen molar-refractivity contribution in [2.45, 2.75) is 0 Å². The number of rotatable bonds is 4. The van der Waals surface area contributed by atoms with Gasteiger partial charge in [-0.15, -0.1) is 0 Å². The highest BCUT2D eigenvalue weighted by molar-refractivity contribution is 6.43. The maximum atomic E-state index is 12.3. The van der Waals surface area contributed by atoms with Crippen LogP contribution in [0.3, 0.4) is 0 Å². The smallest absolute Gasteiger partial charge is 0.255 e. The summed E-state index contributed by atoms with van der Waals surface area (Å²) in [6.45, 7) is 0. The maximum absolute atomic E-state index is 12.3. The molecule has 0 aliphatic carbocycles. The maximum Gasteiger partial charge on any atom is 0.255 e. The van der Waals surface area contributed by atoms with Gasteiger partial charge in [0.05, 0.1) is 15.7 Å². The molecule has 0 radical (unpaired) electrons. The molecular formula is C18H13Cl2N3O. The van der Waals surface area contributed by atoms with Gasteiger partial charge in [-0.2, -0.15) is 0 Å². The van der Waals surface area contributed by atoms with Crippen molar-refractivity contribution in [2.75, 3.05) is 10.6 Å². The molecule has 4 nitrogen and oxygen atoms in total. The average molecular weight is 358 g/mol. The summed E-state index contributed by atoms with van der Waals surface area (Å²) in [5, 5.41) is 6.74. The Morgan fingerprint density at radius 1 is 0.958 bits per heavy atom. The van der Waals surface area contributed by atoms with Gasteiger partial charge in [-0.25, -0.2) is 4.98 Å². The van der Waals surface area contributed by atoms with Crippen LogP contribution >= 0.6 is 23.2 Å². The molecule has 24 heavy (non-hydrogen) atoms. The van der Waals surface area contributed by atoms with E-state index in [2.05, 4.69) is 15.6 Å². The van der Waals surface area contributed by atoms with Crippen molar-refractivity contribution >= 4 is 46.3 Å². The molecule has 2 aromatic carbocycles. The molecule has 0 spiro atoms. The zero-order chi connectivity index (χ0) is 16.9. The minimum atomic E-state index is -0.219. The van der Waals surface area contributed by atoms with E-state index in [1.165, 1.54) is 0 Å². The number of pyridine rings is 1. The molecule has 3 aromatic rings. The molecule has 6 heteroatoms. The molecule has 0 aliphatic heterocycles. The zero-order valence-electron chi connectivity index (χ0n) is 12.5. The van der Waals surface area contributed by atoms with Crippen molar-refractivity contribution in [2.24, 2.45) is 0 Å². The van der Waals surface area contributed by atoms with E-state index in [1.54, 1.807) is 36.5 Å². The Morgan fingerprint density at radius 2 is 1.75 bits per heavy atom. The zero-order valence-corrected chi connectivity index (χ0v) is 14.0. The van der Waals surface area contributed by atoms with Crippen molar-refractivity contribution in [1.82, 2.24) is 4.98 Å². The molecule has 3 rings (SSSR count). The summed E-state index contributed by atoms with van der Waals surface area (Å²) in [5.41, 5.74) is 1.83. The van der Waals surface area contributed by atoms with Crippen LogP contribution in [0.1, 0.15) is 10.4 Å². The molecule has 0 atom stereocenters. The molecular weight excluding hydrogens is 345 g/mol. The Balaban J connectivity index is 1.79. The van der Waals surface area contributed by atoms with Crippen molar-refractivity contribution < 1.29 is 4.79 Å². The van der Waals surface area contributed by atoms with Gasteiger partial charge in [-0.1, -0.05) is 47.5 Å². The van der Waals surface area contributed by atoms with Gasteiger partial charge in [0.2, 0.25) is 0 Å². The number of halogens is 2. The van der Waals surface area contributed by atoms with Crippen LogP contribution in [0.2, 0.25) is 10.0 Å². The minimum Gasteiger partial charge on any atom is -0.339 e. The first kappa shape index (κ1) is 16.3. The predicted octanol–water partition coefficient (Wildman–Crippen LogP) is 5.38. The van der Waals surface area contributed by atoms with E-state index in [0.29, 0.717) is 27.1 Å². The predicted molar refractivity (Wildman–Crippen MR) is 98.4 cm³/mol. The number of para-hydroxylation sites is 1. The number of benzene rings is 2. The first-order valence-corrected chi connectivity index (χ1v) is 7.92. The van der Waals surface area contributed by atoms with E-state index in [-0.39, 0.29) is 5.91 Å². The van der Waals surface area contributed by atoms with Crippen molar-refractivity contribution in [3.8, 4) is 0 Å². The van der Waals surface area contributed by atoms with Gasteiger partial charge in [0.15, 0.2) is 0 Å². The molecule has 0 aliphatic rings. The summed E-state index contributed by atoms with van der Waals surface area (Å²) in [7, 11) is 0. The highest BCUT2D eigenvalue weighted by atomic mass is 35.5. The van der Waals surface area contributed by atoms with Crippen LogP contribution < -0.4 is 10.6 Å². The lowest BCUT2D eigenvalue weighted by Crippen LogP contribution is -2.12. The third kappa shape index (κ3) is 3.85. The molecule has 2 N–H and O–H groups in total. The molecule has 0 saturated heterocycles. The van der Waals surface area contributed by atoms with Gasteiger partial charge < -0.3 is 10.6 Å². The average Bonchev–Trinajstić information content (AvgIpc) is 2.60. The van der Waals surface area contributed by atoms with Crippen LogP contribution in [0.25, 0.3) is 0 Å². The normalized spacial score (nSPS) is 10.2. The van der Waals surface area contributed by atoms with Crippen molar-refractivity contribution in [3.05, 3.63) is 82.5 Å². The molecule has 0 fully saturated rings. The second-order valence-electron chi connectivity index (χ2n) is 4.98. The first-order chi connectivity index (χ1) is 11.6. The fourth-order valence-corrected chi connectivity index (χ4v) is 2.45. The topological polar surface area (TPSA) is 54.0 Å². The second-order valence-corrected chi connectivity index (χ2v) is 5.76. The van der Waals surface area contributed by atoms with Crippen LogP contribution in [-0.2, 0) is 0 Å². The van der Waals surface area contributed by atoms with Crippen LogP contribution in [0.5, 0.6) is 0 Å². The Morgan fingerprint density at radius 3 is 2.54 bits per heavy atom. The highest BCUT2D eigenvalue weighted by Crippen LogP contribution is 2.31. The Hall–Kier alpha value is -2.56. The summed E-state index contributed by atoms with van der Waals surface area (Å²) in [6, 6.07) is 17.8. The molecule has 1 heterocycles. The molecule has 0 saturated carbocycles. The van der Waals surface area contributed by atoms with Gasteiger partial charge in [-0.3, -0.25) is 4.79 Å². The van der Waals surface area contributed by atoms with E-state index in [0.717, 1.165) is 5.69 Å². The number of carbonyl (C=O) groups is 1. The van der Waals surface area contributed by atoms with Crippen molar-refractivity contribution in [3.63, 3.8) is 0 Å². The van der Waals surface area contributed by atoms with E-state index in [4.69, 9.17) is 23.2 Å². The fraction of sp³-hybridized carbons (Fsp3) is 0. The van der Waals surface area contributed by atoms with Crippen LogP contribution in [0.4, 0.5) is 17.2 Å². The van der Waals surface area contributed by atoms with Gasteiger partial charge in [0.1, 0.15) is 5.82 Å². The monoisotopic (exact) mass is 357 g/mol. The molecule has 1 amide bonds. The Kier molecular flexibility index (Phi) is 4.99. The number of hydrogen-bond acceptors (Lipinski definition) is 3. The van der Waals surface area contributed by atoms with Gasteiger partial charge in [0, 0.05) is 17.4 Å². The summed E-state index contributed by atoms with van der Waals surface area (Å²) in [4.78, 5) is 16.5. The molecule has 1 aromatic heterocycles. The number of carbonyl (C=O) groups excluding carboxylic acids is 1. The summed E-state index contributed by atoms with van der Waals surface area (Å²) in [5.74, 6) is 0.281. The lowest BCUT2D eigenvalue weighted by atomic mass is 10.2. The van der Waals surface area contributed by atoms with Crippen LogP contribution in [0.15, 0.2) is 66.9 Å². The molecule has 120 valence electrons. The highest BCUT2D eigenvalue weighted by Gasteiger charge is 2.09. The largest absolute Gasteiger partial charge is 0.339 e. The minimum absolute atomic E-state index is 0.219. The lowest BCUT2D eigenvalue weighted by Gasteiger charge is -2.10. The third-order valence-corrected chi connectivity index (χ3v) is 4.09. The van der Waals surface area contributed by atoms with Gasteiger partial charge in [0.25, 0.3) is 5.91 Å². The second kappa shape index (κ2) is 7.34. The van der Waals surface area contributed by atoms with E-state index in [9.17, 15) is 4.79 Å². The van der Waals surface area contributed by atoms with Gasteiger partial charge >= 0.3 is 0 Å². The quantitative estimate of drug-likeness (QED) is 0.658. The fourth-order valence-electron chi connectivity index (χ4n) is 2.10. The third-order valence-electron chi connectivity index (χ3n) is 3.27. The van der Waals surface area contributed by atoms with Crippen LogP contribution in [-0.4, -0.2) is 10.9 Å². The summed E-state index contributed by atoms with van der Waals surface area (Å²) in [6.07, 6.45) is 1.56. The van der Waals surface area contributed by atoms with Crippen LogP contribution in [0, 0.1) is 0 Å². The van der Waals surface area contributed by atoms with E-state index >= 15 is 0 Å². The first-order valence-electron chi connectivity index (χ1n) is 7.17. The standard InChI is InChI=1S/C18H13Cl2N3O/c19-14-7-4-8-15(17(14)20)23-16-11-12(9-10-21-16)18(24)22-13-5-2-1-3-6-13/h1-11H,(H,21,23)(H,22,24). The Labute approximate surface area is 149 Å². The SMILES string of the molecule is O=C(Nc1ccccc1)c1ccnc(Nc2cccc(Cl)c2Cl)c1. The lowest BCUT2D eigenvalue weighted by molar-refractivity contribution is 0.102. The summed E-state index contributed by atoms with van der Waals surface area (Å²) >= 11 is 12.1. The van der Waals surface area contributed by atoms with Crippen molar-refractivity contribution in [1.29, 1.82) is 0 Å². The number of anilines is 3. The number of hydrogen-bond donors (Lipinski definition) is 2. The van der Waals surface area contributed by atoms with E-state index < -0.39 is 0 Å². The number of aromatic nitrogens is 1. The number of nitrogens with zero attached hydrogens (tertiary/aromatic N) is 1. The summed E-state index contributed by atoms with van der Waals surface area (Å²) < 4.78 is 0. The Bertz CT molecular complexity index is 869. The van der Waals surface area contributed by atoms with Gasteiger partial charge in [-0.05, 0) is 36.4 Å². The molecule has 0 bridgehead atoms. The number of amides is 1. The number of nitrogens with one attached hydrogen (secondary N) is 2. The van der Waals surface area contributed by atoms with E-state index in [1.807, 2.05) is 30.3 Å².